The third-order valence-corrected chi connectivity index (χ3v) is 6.79. The molecule has 1 amide bonds. The molecule has 4 aromatic rings. The minimum atomic E-state index is -0.736. The molecule has 2 atom stereocenters. The van der Waals surface area contributed by atoms with E-state index in [4.69, 9.17) is 0 Å². The van der Waals surface area contributed by atoms with Crippen LogP contribution in [0.15, 0.2) is 66.7 Å². The van der Waals surface area contributed by atoms with E-state index >= 15 is 0 Å². The molecule has 38 heavy (non-hydrogen) atoms. The standard InChI is InChI=1S/C28H32N6O3S/c1-19(35)22-11-7-10-21(16-22)18-26(37)30-28-34-33-27(38-28)13-6-5-12-23-14-15-24(32-31-23)29-25(36)17-20-8-3-2-4-9-20/h2-4,7-11,14-16,19,25,35-36H,5-6,12-13,17-18H2,1H3,(H,29,32)(H,30,34,37). The van der Waals surface area contributed by atoms with Crippen LogP contribution in [0.25, 0.3) is 0 Å². The van der Waals surface area contributed by atoms with E-state index in [1.165, 1.54) is 11.3 Å². The first kappa shape index (κ1) is 27.3. The lowest BCUT2D eigenvalue weighted by Crippen LogP contribution is -2.22. The van der Waals surface area contributed by atoms with Crippen LogP contribution in [0.2, 0.25) is 0 Å². The number of aromatic nitrogens is 4. The van der Waals surface area contributed by atoms with Crippen LogP contribution in [-0.4, -0.2) is 42.7 Å². The molecular weight excluding hydrogens is 500 g/mol. The van der Waals surface area contributed by atoms with Crippen molar-refractivity contribution in [3.63, 3.8) is 0 Å². The van der Waals surface area contributed by atoms with Crippen molar-refractivity contribution in [1.29, 1.82) is 0 Å². The molecule has 0 radical (unpaired) electrons. The number of aliphatic hydroxyl groups is 2. The van der Waals surface area contributed by atoms with Crippen LogP contribution in [0.3, 0.4) is 0 Å². The van der Waals surface area contributed by atoms with E-state index in [1.54, 1.807) is 6.92 Å². The van der Waals surface area contributed by atoms with E-state index in [1.807, 2.05) is 66.7 Å². The van der Waals surface area contributed by atoms with Gasteiger partial charge in [0.2, 0.25) is 11.0 Å². The van der Waals surface area contributed by atoms with Gasteiger partial charge in [0.15, 0.2) is 5.82 Å². The third kappa shape index (κ3) is 8.69. The monoisotopic (exact) mass is 532 g/mol. The molecule has 0 spiro atoms. The predicted octanol–water partition coefficient (Wildman–Crippen LogP) is 4.10. The first-order valence-corrected chi connectivity index (χ1v) is 13.5. The maximum absolute atomic E-state index is 12.4. The van der Waals surface area contributed by atoms with Gasteiger partial charge in [-0.25, -0.2) is 0 Å². The highest BCUT2D eigenvalue weighted by Gasteiger charge is 2.11. The molecule has 10 heteroatoms. The van der Waals surface area contributed by atoms with Gasteiger partial charge in [-0.3, -0.25) is 4.79 Å². The molecule has 0 aliphatic carbocycles. The van der Waals surface area contributed by atoms with Gasteiger partial charge in [-0.2, -0.15) is 5.10 Å². The van der Waals surface area contributed by atoms with Crippen molar-refractivity contribution in [3.8, 4) is 0 Å². The molecule has 0 aliphatic rings. The van der Waals surface area contributed by atoms with Crippen LogP contribution in [0.5, 0.6) is 0 Å². The number of carbonyl (C=O) groups excluding carboxylic acids is 1. The molecule has 2 unspecified atom stereocenters. The Labute approximate surface area is 226 Å². The molecule has 2 heterocycles. The molecular formula is C28H32N6O3S. The lowest BCUT2D eigenvalue weighted by atomic mass is 10.0. The number of amides is 1. The summed E-state index contributed by atoms with van der Waals surface area (Å²) in [5, 5.41) is 43.8. The summed E-state index contributed by atoms with van der Waals surface area (Å²) >= 11 is 1.38. The fourth-order valence-corrected chi connectivity index (χ4v) is 4.73. The lowest BCUT2D eigenvalue weighted by molar-refractivity contribution is -0.115. The maximum atomic E-state index is 12.4. The Kier molecular flexibility index (Phi) is 9.85. The smallest absolute Gasteiger partial charge is 0.230 e. The maximum Gasteiger partial charge on any atom is 0.230 e. The molecule has 0 bridgehead atoms. The number of nitrogens with zero attached hydrogens (tertiary/aromatic N) is 4. The van der Waals surface area contributed by atoms with E-state index in [0.29, 0.717) is 17.4 Å². The number of unbranched alkanes of at least 4 members (excludes halogenated alkanes) is 1. The van der Waals surface area contributed by atoms with E-state index in [9.17, 15) is 15.0 Å². The summed E-state index contributed by atoms with van der Waals surface area (Å²) in [5.74, 6) is 0.371. The summed E-state index contributed by atoms with van der Waals surface area (Å²) < 4.78 is 0. The Morgan fingerprint density at radius 2 is 1.68 bits per heavy atom. The van der Waals surface area contributed by atoms with Gasteiger partial charge in [0.1, 0.15) is 11.2 Å². The highest BCUT2D eigenvalue weighted by Crippen LogP contribution is 2.19. The molecule has 198 valence electrons. The van der Waals surface area contributed by atoms with Crippen molar-refractivity contribution in [1.82, 2.24) is 20.4 Å². The average Bonchev–Trinajstić information content (AvgIpc) is 3.35. The molecule has 4 rings (SSSR count). The van der Waals surface area contributed by atoms with Gasteiger partial charge in [0.25, 0.3) is 0 Å². The van der Waals surface area contributed by atoms with Crippen molar-refractivity contribution >= 4 is 28.2 Å². The number of anilines is 2. The highest BCUT2D eigenvalue weighted by atomic mass is 32.1. The van der Waals surface area contributed by atoms with Crippen molar-refractivity contribution < 1.29 is 15.0 Å². The molecule has 2 aromatic heterocycles. The second-order valence-electron chi connectivity index (χ2n) is 9.11. The van der Waals surface area contributed by atoms with Gasteiger partial charge in [-0.05, 0) is 55.0 Å². The van der Waals surface area contributed by atoms with Crippen molar-refractivity contribution in [3.05, 3.63) is 94.1 Å². The minimum Gasteiger partial charge on any atom is -0.389 e. The predicted molar refractivity (Wildman–Crippen MR) is 148 cm³/mol. The van der Waals surface area contributed by atoms with E-state index in [2.05, 4.69) is 31.0 Å². The molecule has 9 nitrogen and oxygen atoms in total. The molecule has 0 aliphatic heterocycles. The Morgan fingerprint density at radius 1 is 0.895 bits per heavy atom. The Morgan fingerprint density at radius 3 is 2.45 bits per heavy atom. The molecule has 4 N–H and O–H groups in total. The SMILES string of the molecule is CC(O)c1cccc(CC(=O)Nc2nnc(CCCCc3ccc(NC(O)Cc4ccccc4)nn3)s2)c1. The number of aryl methyl sites for hydroxylation is 2. The van der Waals surface area contributed by atoms with Gasteiger partial charge in [-0.15, -0.1) is 15.3 Å². The fourth-order valence-electron chi connectivity index (χ4n) is 3.93. The molecule has 2 aromatic carbocycles. The summed E-state index contributed by atoms with van der Waals surface area (Å²) in [6, 6.07) is 20.9. The van der Waals surface area contributed by atoms with Gasteiger partial charge in [0.05, 0.1) is 18.2 Å². The Balaban J connectivity index is 1.15. The van der Waals surface area contributed by atoms with Crippen molar-refractivity contribution in [2.24, 2.45) is 0 Å². The van der Waals surface area contributed by atoms with Crippen LogP contribution in [-0.2, 0) is 30.5 Å². The summed E-state index contributed by atoms with van der Waals surface area (Å²) in [7, 11) is 0. The minimum absolute atomic E-state index is 0.167. The number of rotatable bonds is 13. The number of benzene rings is 2. The topological polar surface area (TPSA) is 133 Å². The fraction of sp³-hybridized carbons (Fsp3) is 0.321. The average molecular weight is 533 g/mol. The Hall–Kier alpha value is -3.73. The second-order valence-corrected chi connectivity index (χ2v) is 10.2. The third-order valence-electron chi connectivity index (χ3n) is 5.89. The van der Waals surface area contributed by atoms with E-state index in [0.717, 1.165) is 53.1 Å². The van der Waals surface area contributed by atoms with Crippen LogP contribution < -0.4 is 10.6 Å². The van der Waals surface area contributed by atoms with Gasteiger partial charge >= 0.3 is 0 Å². The van der Waals surface area contributed by atoms with Crippen molar-refractivity contribution in [2.75, 3.05) is 10.6 Å². The first-order valence-electron chi connectivity index (χ1n) is 12.6. The van der Waals surface area contributed by atoms with Crippen LogP contribution in [0, 0.1) is 0 Å². The van der Waals surface area contributed by atoms with Crippen molar-refractivity contribution in [2.45, 2.75) is 57.8 Å². The van der Waals surface area contributed by atoms with Gasteiger partial charge in [-0.1, -0.05) is 65.9 Å². The number of carbonyl (C=O) groups is 1. The molecule has 0 saturated carbocycles. The number of hydrogen-bond acceptors (Lipinski definition) is 9. The number of nitrogens with one attached hydrogen (secondary N) is 2. The lowest BCUT2D eigenvalue weighted by Gasteiger charge is -2.13. The molecule has 0 fully saturated rings. The number of hydrogen-bond donors (Lipinski definition) is 4. The van der Waals surface area contributed by atoms with Crippen LogP contribution in [0.1, 0.15) is 53.3 Å². The van der Waals surface area contributed by atoms with E-state index in [-0.39, 0.29) is 12.3 Å². The zero-order valence-corrected chi connectivity index (χ0v) is 22.1. The van der Waals surface area contributed by atoms with Gasteiger partial charge < -0.3 is 20.8 Å². The summed E-state index contributed by atoms with van der Waals surface area (Å²) in [4.78, 5) is 12.4. The zero-order chi connectivity index (χ0) is 26.7. The summed E-state index contributed by atoms with van der Waals surface area (Å²) in [5.41, 5.74) is 3.55. The van der Waals surface area contributed by atoms with Crippen LogP contribution >= 0.6 is 11.3 Å². The normalized spacial score (nSPS) is 12.6. The van der Waals surface area contributed by atoms with Gasteiger partial charge in [0, 0.05) is 12.8 Å². The summed E-state index contributed by atoms with van der Waals surface area (Å²) in [6.45, 7) is 1.70. The molecule has 0 saturated heterocycles. The highest BCUT2D eigenvalue weighted by molar-refractivity contribution is 7.15. The quantitative estimate of drug-likeness (QED) is 0.149. The second kappa shape index (κ2) is 13.7. The Bertz CT molecular complexity index is 1300. The first-order chi connectivity index (χ1) is 18.4. The van der Waals surface area contributed by atoms with E-state index < -0.39 is 12.3 Å². The number of aliphatic hydroxyl groups excluding tert-OH is 2. The largest absolute Gasteiger partial charge is 0.389 e. The zero-order valence-electron chi connectivity index (χ0n) is 21.2. The summed E-state index contributed by atoms with van der Waals surface area (Å²) in [6.07, 6.45) is 2.76. The van der Waals surface area contributed by atoms with Crippen LogP contribution in [0.4, 0.5) is 10.9 Å².